The van der Waals surface area contributed by atoms with Crippen LogP contribution in [0.5, 0.6) is 0 Å². The molecule has 6 heteroatoms. The van der Waals surface area contributed by atoms with E-state index in [-0.39, 0.29) is 31.0 Å². The van der Waals surface area contributed by atoms with Gasteiger partial charge in [-0.25, -0.2) is 0 Å². The fourth-order valence-electron chi connectivity index (χ4n) is 0.957. The van der Waals surface area contributed by atoms with E-state index in [0.29, 0.717) is 0 Å². The van der Waals surface area contributed by atoms with E-state index in [4.69, 9.17) is 9.47 Å². The number of carbonyl (C=O) groups is 3. The first-order chi connectivity index (χ1) is 8.42. The van der Waals surface area contributed by atoms with Crippen LogP contribution < -0.4 is 0 Å². The molecule has 0 heterocycles. The Labute approximate surface area is 124 Å². The van der Waals surface area contributed by atoms with E-state index in [2.05, 4.69) is 13.2 Å². The first-order valence-electron chi connectivity index (χ1n) is 4.99. The van der Waals surface area contributed by atoms with E-state index in [1.54, 1.807) is 0 Å². The van der Waals surface area contributed by atoms with Gasteiger partial charge in [0.1, 0.15) is 0 Å². The molecule has 5 nitrogen and oxygen atoms in total. The number of ketones is 1. The monoisotopic (exact) mass is 352 g/mol. The second-order valence-electron chi connectivity index (χ2n) is 3.05. The van der Waals surface area contributed by atoms with Gasteiger partial charge in [-0.1, -0.05) is 25.3 Å². The van der Waals surface area contributed by atoms with E-state index in [1.807, 2.05) is 0 Å². The van der Waals surface area contributed by atoms with E-state index in [1.165, 1.54) is 24.3 Å². The van der Waals surface area contributed by atoms with Crippen LogP contribution in [0.25, 0.3) is 0 Å². The van der Waals surface area contributed by atoms with E-state index >= 15 is 0 Å². The summed E-state index contributed by atoms with van der Waals surface area (Å²) in [5.74, 6) is -2.66. The number of hydrogen-bond donors (Lipinski definition) is 0. The van der Waals surface area contributed by atoms with Crippen LogP contribution in [-0.4, -0.2) is 17.7 Å². The summed E-state index contributed by atoms with van der Waals surface area (Å²) in [5.41, 5.74) is 0. The Morgan fingerprint density at radius 2 is 1.16 bits per heavy atom. The van der Waals surface area contributed by atoms with Gasteiger partial charge in [-0.3, -0.25) is 14.4 Å². The third kappa shape index (κ3) is 8.00. The zero-order chi connectivity index (χ0) is 14.1. The second-order valence-corrected chi connectivity index (χ2v) is 3.05. The molecule has 0 radical (unpaired) electrons. The Hall–Kier alpha value is -1.81. The molecule has 0 aliphatic carbocycles. The number of ether oxygens (including phenoxy) is 2. The summed E-state index contributed by atoms with van der Waals surface area (Å²) in [5, 5.41) is 0. The normalized spacial score (nSPS) is 10.8. The van der Waals surface area contributed by atoms with E-state index < -0.39 is 17.7 Å². The van der Waals surface area contributed by atoms with Crippen molar-refractivity contribution < 1.29 is 43.3 Å². The van der Waals surface area contributed by atoms with Gasteiger partial charge in [-0.2, -0.15) is 0 Å². The topological polar surface area (TPSA) is 69.7 Å². The summed E-state index contributed by atoms with van der Waals surface area (Å²) < 4.78 is 9.39. The van der Waals surface area contributed by atoms with Crippen LogP contribution >= 0.6 is 0 Å². The summed E-state index contributed by atoms with van der Waals surface area (Å²) in [6.07, 6.45) is 4.94. The molecule has 0 bridgehead atoms. The van der Waals surface area contributed by atoms with E-state index in [0.717, 1.165) is 13.8 Å². The minimum absolute atomic E-state index is 0. The zero-order valence-electron chi connectivity index (χ0n) is 10.6. The number of rotatable bonds is 6. The second kappa shape index (κ2) is 10.1. The first kappa shape index (κ1) is 19.5. The van der Waals surface area contributed by atoms with Gasteiger partial charge in [0, 0.05) is 33.3 Å². The summed E-state index contributed by atoms with van der Waals surface area (Å²) in [7, 11) is 0. The molecule has 0 atom stereocenters. The van der Waals surface area contributed by atoms with Crippen molar-refractivity contribution in [1.29, 1.82) is 0 Å². The van der Waals surface area contributed by atoms with Crippen molar-refractivity contribution in [2.75, 3.05) is 0 Å². The Bertz CT molecular complexity index is 406. The molecule has 0 N–H and O–H groups in total. The first-order valence-corrected chi connectivity index (χ1v) is 4.99. The number of hydrogen-bond acceptors (Lipinski definition) is 5. The van der Waals surface area contributed by atoms with Gasteiger partial charge >= 0.3 is 11.9 Å². The maximum absolute atomic E-state index is 11.9. The van der Waals surface area contributed by atoms with Crippen LogP contribution in [0, 0.1) is 0 Å². The smallest absolute Gasteiger partial charge is 0.308 e. The van der Waals surface area contributed by atoms with E-state index in [9.17, 15) is 14.4 Å². The number of allylic oxidation sites excluding steroid dienone is 4. The third-order valence-electron chi connectivity index (χ3n) is 1.49. The molecule has 0 aromatic rings. The van der Waals surface area contributed by atoms with Crippen LogP contribution in [0.4, 0.5) is 0 Å². The average Bonchev–Trinajstić information content (AvgIpc) is 2.26. The zero-order valence-corrected chi connectivity index (χ0v) is 12.4. The number of Topliss-reactive ketones (excluding diaryl/α,β-unsaturated/α-hetero) is 1. The molecule has 0 unspecified atom stereocenters. The molecule has 0 aliphatic heterocycles. The molecular formula is C13H14O5Ru. The third-order valence-corrected chi connectivity index (χ3v) is 1.49. The Kier molecular flexibility index (Phi) is 10.4. The quantitative estimate of drug-likeness (QED) is 0.240. The molecule has 0 amide bonds. The Morgan fingerprint density at radius 1 is 0.842 bits per heavy atom. The SMILES string of the molecule is C=C/C=C(/OC(C)=O)C(=O)/C(=C\C=C)OC(C)=O.[Ru]. The van der Waals surface area contributed by atoms with Crippen molar-refractivity contribution in [2.45, 2.75) is 13.8 Å². The summed E-state index contributed by atoms with van der Waals surface area (Å²) in [6.45, 7) is 9.07. The minimum atomic E-state index is -0.750. The molecule has 0 aromatic carbocycles. The van der Waals surface area contributed by atoms with Gasteiger partial charge in [-0.15, -0.1) is 0 Å². The van der Waals surface area contributed by atoms with Crippen LogP contribution in [0.3, 0.4) is 0 Å². The molecule has 0 aromatic heterocycles. The maximum atomic E-state index is 11.9. The van der Waals surface area contributed by atoms with Crippen LogP contribution in [0.2, 0.25) is 0 Å². The van der Waals surface area contributed by atoms with Crippen LogP contribution in [-0.2, 0) is 43.3 Å². The van der Waals surface area contributed by atoms with Crippen molar-refractivity contribution in [2.24, 2.45) is 0 Å². The summed E-state index contributed by atoms with van der Waals surface area (Å²) >= 11 is 0. The molecule has 104 valence electrons. The minimum Gasteiger partial charge on any atom is -0.422 e. The van der Waals surface area contributed by atoms with Crippen molar-refractivity contribution in [3.05, 3.63) is 49.0 Å². The molecule has 0 fully saturated rings. The van der Waals surface area contributed by atoms with Crippen LogP contribution in [0.1, 0.15) is 13.8 Å². The van der Waals surface area contributed by atoms with Crippen molar-refractivity contribution in [3.8, 4) is 0 Å². The molecule has 0 spiro atoms. The van der Waals surface area contributed by atoms with Gasteiger partial charge in [0.25, 0.3) is 5.78 Å². The van der Waals surface area contributed by atoms with Crippen LogP contribution in [0.15, 0.2) is 49.0 Å². The molecule has 0 aliphatic rings. The number of esters is 2. The standard InChI is InChI=1S/C13H14O5.Ru/c1-5-7-11(17-9(3)14)13(16)12(8-6-2)18-10(4)15;/h5-8H,1-2H2,3-4H3;/b11-7+,12-8+;. The fraction of sp³-hybridized carbons (Fsp3) is 0.154. The molecule has 0 rings (SSSR count). The van der Waals surface area contributed by atoms with Crippen molar-refractivity contribution in [1.82, 2.24) is 0 Å². The van der Waals surface area contributed by atoms with Gasteiger partial charge in [0.15, 0.2) is 11.5 Å². The predicted octanol–water partition coefficient (Wildman–Crippen LogP) is 1.82. The Morgan fingerprint density at radius 3 is 1.37 bits per heavy atom. The van der Waals surface area contributed by atoms with Crippen molar-refractivity contribution >= 4 is 17.7 Å². The summed E-state index contributed by atoms with van der Waals surface area (Å²) in [4.78, 5) is 33.6. The van der Waals surface area contributed by atoms with Gasteiger partial charge < -0.3 is 9.47 Å². The van der Waals surface area contributed by atoms with Gasteiger partial charge in [0.05, 0.1) is 0 Å². The molecule has 19 heavy (non-hydrogen) atoms. The van der Waals surface area contributed by atoms with Gasteiger partial charge in [-0.05, 0) is 12.2 Å². The summed E-state index contributed by atoms with van der Waals surface area (Å²) in [6, 6.07) is 0. The Balaban J connectivity index is 0. The molecule has 0 saturated heterocycles. The fourth-order valence-corrected chi connectivity index (χ4v) is 0.957. The molecule has 0 saturated carbocycles. The van der Waals surface area contributed by atoms with Crippen molar-refractivity contribution in [3.63, 3.8) is 0 Å². The maximum Gasteiger partial charge on any atom is 0.308 e. The predicted molar refractivity (Wildman–Crippen MR) is 65.1 cm³/mol. The van der Waals surface area contributed by atoms with Gasteiger partial charge in [0.2, 0.25) is 0 Å². The number of carbonyl (C=O) groups excluding carboxylic acids is 3. The molecular weight excluding hydrogens is 337 g/mol. The largest absolute Gasteiger partial charge is 0.422 e. The average molecular weight is 351 g/mol.